The molecule has 0 radical (unpaired) electrons. The fraction of sp³-hybridized carbons (Fsp3) is 0.375. The molecule has 1 aromatic carbocycles. The van der Waals surface area contributed by atoms with Crippen molar-refractivity contribution in [3.8, 4) is 11.1 Å². The highest BCUT2D eigenvalue weighted by molar-refractivity contribution is 5.65. The molecular formula is C16H19N3. The predicted octanol–water partition coefficient (Wildman–Crippen LogP) is 2.92. The number of nitrogens with zero attached hydrogens (tertiary/aromatic N) is 2. The van der Waals surface area contributed by atoms with E-state index in [2.05, 4.69) is 46.5 Å². The van der Waals surface area contributed by atoms with Crippen LogP contribution in [0.4, 0.5) is 0 Å². The number of aromatic nitrogens is 2. The minimum Gasteiger partial charge on any atom is -0.316 e. The number of piperidine rings is 1. The number of benzene rings is 1. The molecule has 1 aliphatic heterocycles. The van der Waals surface area contributed by atoms with Crippen LogP contribution in [0.15, 0.2) is 36.8 Å². The fourth-order valence-corrected chi connectivity index (χ4v) is 2.71. The highest BCUT2D eigenvalue weighted by atomic mass is 14.9. The Morgan fingerprint density at radius 1 is 1.21 bits per heavy atom. The van der Waals surface area contributed by atoms with Crippen molar-refractivity contribution in [2.75, 3.05) is 13.1 Å². The molecule has 1 N–H and O–H groups in total. The molecule has 98 valence electrons. The Labute approximate surface area is 114 Å². The second-order valence-electron chi connectivity index (χ2n) is 5.23. The first-order valence-corrected chi connectivity index (χ1v) is 6.92. The quantitative estimate of drug-likeness (QED) is 0.894. The van der Waals surface area contributed by atoms with E-state index in [1.54, 1.807) is 6.33 Å². The molecule has 1 atom stereocenters. The Bertz CT molecular complexity index is 542. The topological polar surface area (TPSA) is 37.8 Å². The molecule has 0 amide bonds. The number of hydrogen-bond acceptors (Lipinski definition) is 3. The third-order valence-electron chi connectivity index (χ3n) is 3.79. The van der Waals surface area contributed by atoms with E-state index in [-0.39, 0.29) is 0 Å². The van der Waals surface area contributed by atoms with Gasteiger partial charge >= 0.3 is 0 Å². The molecule has 0 saturated carbocycles. The molecule has 0 bridgehead atoms. The van der Waals surface area contributed by atoms with Crippen LogP contribution in [0.3, 0.4) is 0 Å². The lowest BCUT2D eigenvalue weighted by Gasteiger charge is -2.24. The maximum Gasteiger partial charge on any atom is 0.115 e. The molecule has 2 heterocycles. The van der Waals surface area contributed by atoms with E-state index >= 15 is 0 Å². The van der Waals surface area contributed by atoms with Crippen LogP contribution in [0, 0.1) is 6.92 Å². The first-order chi connectivity index (χ1) is 9.34. The van der Waals surface area contributed by atoms with Gasteiger partial charge in [0, 0.05) is 24.2 Å². The third-order valence-corrected chi connectivity index (χ3v) is 3.79. The average Bonchev–Trinajstić information content (AvgIpc) is 2.49. The van der Waals surface area contributed by atoms with E-state index in [1.807, 2.05) is 6.20 Å². The van der Waals surface area contributed by atoms with Gasteiger partial charge in [-0.25, -0.2) is 9.97 Å². The Morgan fingerprint density at radius 3 is 2.79 bits per heavy atom. The largest absolute Gasteiger partial charge is 0.316 e. The van der Waals surface area contributed by atoms with Crippen LogP contribution in [0.5, 0.6) is 0 Å². The summed E-state index contributed by atoms with van der Waals surface area (Å²) in [5, 5.41) is 3.46. The SMILES string of the molecule is Cc1ccc(-c2cncnc2C2CCCNC2)cc1. The van der Waals surface area contributed by atoms with Crippen LogP contribution in [-0.4, -0.2) is 23.1 Å². The molecule has 2 aromatic rings. The maximum atomic E-state index is 4.55. The summed E-state index contributed by atoms with van der Waals surface area (Å²) in [6.45, 7) is 4.26. The summed E-state index contributed by atoms with van der Waals surface area (Å²) >= 11 is 0. The van der Waals surface area contributed by atoms with Gasteiger partial charge in [0.15, 0.2) is 0 Å². The lowest BCUT2D eigenvalue weighted by Crippen LogP contribution is -2.29. The Balaban J connectivity index is 1.98. The van der Waals surface area contributed by atoms with Gasteiger partial charge < -0.3 is 5.32 Å². The first-order valence-electron chi connectivity index (χ1n) is 6.92. The zero-order valence-corrected chi connectivity index (χ0v) is 11.3. The molecule has 19 heavy (non-hydrogen) atoms. The number of nitrogens with one attached hydrogen (secondary N) is 1. The smallest absolute Gasteiger partial charge is 0.115 e. The highest BCUT2D eigenvalue weighted by Gasteiger charge is 2.20. The van der Waals surface area contributed by atoms with Gasteiger partial charge in [0.25, 0.3) is 0 Å². The summed E-state index contributed by atoms with van der Waals surface area (Å²) in [7, 11) is 0. The van der Waals surface area contributed by atoms with E-state index in [4.69, 9.17) is 0 Å². The van der Waals surface area contributed by atoms with E-state index in [9.17, 15) is 0 Å². The Kier molecular flexibility index (Phi) is 3.56. The van der Waals surface area contributed by atoms with Gasteiger partial charge in [0.1, 0.15) is 6.33 Å². The molecule has 1 fully saturated rings. The van der Waals surface area contributed by atoms with Crippen LogP contribution >= 0.6 is 0 Å². The Morgan fingerprint density at radius 2 is 2.05 bits per heavy atom. The lowest BCUT2D eigenvalue weighted by atomic mass is 9.91. The zero-order valence-electron chi connectivity index (χ0n) is 11.3. The van der Waals surface area contributed by atoms with E-state index in [0.29, 0.717) is 5.92 Å². The van der Waals surface area contributed by atoms with E-state index in [0.717, 1.165) is 13.1 Å². The molecule has 1 aliphatic rings. The summed E-state index contributed by atoms with van der Waals surface area (Å²) in [5.74, 6) is 0.507. The number of hydrogen-bond donors (Lipinski definition) is 1. The molecule has 0 spiro atoms. The molecule has 3 heteroatoms. The van der Waals surface area contributed by atoms with Crippen molar-refractivity contribution in [2.45, 2.75) is 25.7 Å². The molecule has 1 aromatic heterocycles. The van der Waals surface area contributed by atoms with Crippen molar-refractivity contribution in [2.24, 2.45) is 0 Å². The summed E-state index contributed by atoms with van der Waals surface area (Å²) in [6, 6.07) is 8.61. The van der Waals surface area contributed by atoms with Crippen molar-refractivity contribution < 1.29 is 0 Å². The molecule has 3 nitrogen and oxygen atoms in total. The normalized spacial score (nSPS) is 19.3. The number of rotatable bonds is 2. The molecule has 1 saturated heterocycles. The van der Waals surface area contributed by atoms with Gasteiger partial charge in [-0.3, -0.25) is 0 Å². The minimum absolute atomic E-state index is 0.507. The molecule has 3 rings (SSSR count). The second kappa shape index (κ2) is 5.49. The molecule has 1 unspecified atom stereocenters. The molecular weight excluding hydrogens is 234 g/mol. The van der Waals surface area contributed by atoms with Crippen molar-refractivity contribution in [1.29, 1.82) is 0 Å². The van der Waals surface area contributed by atoms with Gasteiger partial charge in [0.05, 0.1) is 5.69 Å². The fourth-order valence-electron chi connectivity index (χ4n) is 2.71. The average molecular weight is 253 g/mol. The first kappa shape index (κ1) is 12.3. The van der Waals surface area contributed by atoms with Crippen molar-refractivity contribution in [3.63, 3.8) is 0 Å². The van der Waals surface area contributed by atoms with Gasteiger partial charge in [-0.05, 0) is 31.9 Å². The standard InChI is InChI=1S/C16H19N3/c1-12-4-6-13(7-5-12)15-10-18-11-19-16(15)14-3-2-8-17-9-14/h4-7,10-11,14,17H,2-3,8-9H2,1H3. The van der Waals surface area contributed by atoms with Gasteiger partial charge in [0.2, 0.25) is 0 Å². The number of aryl methyl sites for hydroxylation is 1. The highest BCUT2D eigenvalue weighted by Crippen LogP contribution is 2.30. The van der Waals surface area contributed by atoms with E-state index in [1.165, 1.54) is 35.2 Å². The van der Waals surface area contributed by atoms with Crippen molar-refractivity contribution in [3.05, 3.63) is 48.0 Å². The van der Waals surface area contributed by atoms with Crippen LogP contribution in [-0.2, 0) is 0 Å². The van der Waals surface area contributed by atoms with Gasteiger partial charge in [-0.2, -0.15) is 0 Å². The van der Waals surface area contributed by atoms with Crippen LogP contribution < -0.4 is 5.32 Å². The van der Waals surface area contributed by atoms with Gasteiger partial charge in [-0.1, -0.05) is 29.8 Å². The van der Waals surface area contributed by atoms with Crippen molar-refractivity contribution >= 4 is 0 Å². The zero-order chi connectivity index (χ0) is 13.1. The minimum atomic E-state index is 0.507. The second-order valence-corrected chi connectivity index (χ2v) is 5.23. The van der Waals surface area contributed by atoms with Gasteiger partial charge in [-0.15, -0.1) is 0 Å². The monoisotopic (exact) mass is 253 g/mol. The molecule has 0 aliphatic carbocycles. The maximum absolute atomic E-state index is 4.55. The third kappa shape index (κ3) is 2.66. The van der Waals surface area contributed by atoms with Crippen LogP contribution in [0.2, 0.25) is 0 Å². The lowest BCUT2D eigenvalue weighted by molar-refractivity contribution is 0.455. The van der Waals surface area contributed by atoms with Crippen molar-refractivity contribution in [1.82, 2.24) is 15.3 Å². The predicted molar refractivity (Wildman–Crippen MR) is 77.0 cm³/mol. The van der Waals surface area contributed by atoms with Crippen LogP contribution in [0.1, 0.15) is 30.0 Å². The summed E-state index contributed by atoms with van der Waals surface area (Å²) < 4.78 is 0. The summed E-state index contributed by atoms with van der Waals surface area (Å²) in [6.07, 6.45) is 6.05. The van der Waals surface area contributed by atoms with E-state index < -0.39 is 0 Å². The van der Waals surface area contributed by atoms with Crippen LogP contribution in [0.25, 0.3) is 11.1 Å². The Hall–Kier alpha value is -1.74. The summed E-state index contributed by atoms with van der Waals surface area (Å²) in [5.41, 5.74) is 4.86. The summed E-state index contributed by atoms with van der Waals surface area (Å²) in [4.78, 5) is 8.76.